The zero-order valence-electron chi connectivity index (χ0n) is 8.82. The molecule has 0 radical (unpaired) electrons. The molecule has 3 N–H and O–H groups in total. The van der Waals surface area contributed by atoms with Gasteiger partial charge in [0.1, 0.15) is 0 Å². The van der Waals surface area contributed by atoms with Crippen LogP contribution in [0.15, 0.2) is 0 Å². The van der Waals surface area contributed by atoms with Crippen molar-refractivity contribution in [2.45, 2.75) is 44.0 Å². The number of aliphatic hydroxyl groups is 1. The smallest absolute Gasteiger partial charge is 0.0777 e. The summed E-state index contributed by atoms with van der Waals surface area (Å²) in [5.41, 5.74) is 5.29. The molecule has 0 aromatic carbocycles. The summed E-state index contributed by atoms with van der Waals surface area (Å²) < 4.78 is 11.8. The summed E-state index contributed by atoms with van der Waals surface area (Å²) in [6.45, 7) is 2.43. The Morgan fingerprint density at radius 3 is 2.86 bits per heavy atom. The highest BCUT2D eigenvalue weighted by Crippen LogP contribution is 2.27. The minimum atomic E-state index is -0.887. The molecule has 1 aliphatic carbocycles. The normalized spacial score (nSPS) is 32.5. The molecule has 0 aromatic rings. The van der Waals surface area contributed by atoms with E-state index in [-0.39, 0.29) is 6.54 Å². The molecule has 0 heterocycles. The second-order valence-corrected chi connectivity index (χ2v) is 6.09. The third kappa shape index (κ3) is 3.67. The summed E-state index contributed by atoms with van der Waals surface area (Å²) in [5.74, 6) is 1.04. The molecule has 0 aromatic heterocycles. The van der Waals surface area contributed by atoms with Crippen molar-refractivity contribution in [3.05, 3.63) is 0 Å². The Morgan fingerprint density at radius 1 is 1.57 bits per heavy atom. The van der Waals surface area contributed by atoms with E-state index in [9.17, 15) is 9.32 Å². The first-order valence-corrected chi connectivity index (χ1v) is 6.77. The number of rotatable bonds is 4. The largest absolute Gasteiger partial charge is 0.391 e. The van der Waals surface area contributed by atoms with Crippen LogP contribution in [0.2, 0.25) is 0 Å². The van der Waals surface area contributed by atoms with E-state index in [4.69, 9.17) is 5.73 Å². The summed E-state index contributed by atoms with van der Waals surface area (Å²) in [6, 6.07) is 0. The van der Waals surface area contributed by atoms with Crippen LogP contribution < -0.4 is 5.73 Å². The lowest BCUT2D eigenvalue weighted by atomic mass is 9.91. The summed E-state index contributed by atoms with van der Waals surface area (Å²) >= 11 is 0. The Bertz CT molecular complexity index is 199. The van der Waals surface area contributed by atoms with Gasteiger partial charge in [-0.3, -0.25) is 4.21 Å². The van der Waals surface area contributed by atoms with Crippen LogP contribution in [0.3, 0.4) is 0 Å². The molecule has 0 aliphatic heterocycles. The molecule has 3 nitrogen and oxygen atoms in total. The highest BCUT2D eigenvalue weighted by atomic mass is 32.2. The molecule has 1 aliphatic rings. The molecular weight excluding hydrogens is 198 g/mol. The molecule has 0 saturated heterocycles. The number of aliphatic hydroxyl groups excluding tert-OH is 1. The highest BCUT2D eigenvalue weighted by molar-refractivity contribution is 7.85. The summed E-state index contributed by atoms with van der Waals surface area (Å²) in [4.78, 5) is 0. The van der Waals surface area contributed by atoms with Crippen molar-refractivity contribution in [2.75, 3.05) is 12.3 Å². The maximum absolute atomic E-state index is 11.8. The Kier molecular flexibility index (Phi) is 5.06. The molecular formula is C10H21NO2S. The molecule has 84 valence electrons. The van der Waals surface area contributed by atoms with E-state index < -0.39 is 16.9 Å². The van der Waals surface area contributed by atoms with Gasteiger partial charge in [0, 0.05) is 22.6 Å². The minimum absolute atomic E-state index is 0.216. The first kappa shape index (κ1) is 12.1. The molecule has 1 saturated carbocycles. The molecule has 14 heavy (non-hydrogen) atoms. The van der Waals surface area contributed by atoms with Crippen molar-refractivity contribution < 1.29 is 9.32 Å². The topological polar surface area (TPSA) is 63.3 Å². The molecule has 4 unspecified atom stereocenters. The lowest BCUT2D eigenvalue weighted by Gasteiger charge is -2.26. The quantitative estimate of drug-likeness (QED) is 0.729. The standard InChI is InChI=1S/C10H21NO2S/c1-8-3-2-4-10(5-8)14(13)7-9(12)6-11/h8-10,12H,2-7,11H2,1H3. The van der Waals surface area contributed by atoms with Crippen molar-refractivity contribution in [3.63, 3.8) is 0 Å². The monoisotopic (exact) mass is 219 g/mol. The lowest BCUT2D eigenvalue weighted by Crippen LogP contribution is -2.32. The van der Waals surface area contributed by atoms with Gasteiger partial charge in [-0.25, -0.2) is 0 Å². The van der Waals surface area contributed by atoms with E-state index in [0.717, 1.165) is 12.8 Å². The SMILES string of the molecule is CC1CCCC(S(=O)CC(O)CN)C1. The molecule has 0 spiro atoms. The zero-order chi connectivity index (χ0) is 10.6. The van der Waals surface area contributed by atoms with Gasteiger partial charge in [0.2, 0.25) is 0 Å². The van der Waals surface area contributed by atoms with Crippen LogP contribution in [0.4, 0.5) is 0 Å². The third-order valence-electron chi connectivity index (χ3n) is 2.89. The average Bonchev–Trinajstić information content (AvgIpc) is 2.17. The second-order valence-electron chi connectivity index (χ2n) is 4.33. The maximum atomic E-state index is 11.8. The highest BCUT2D eigenvalue weighted by Gasteiger charge is 2.24. The Hall–Kier alpha value is 0.0700. The number of nitrogens with two attached hydrogens (primary N) is 1. The lowest BCUT2D eigenvalue weighted by molar-refractivity contribution is 0.206. The molecule has 0 bridgehead atoms. The zero-order valence-corrected chi connectivity index (χ0v) is 9.63. The van der Waals surface area contributed by atoms with Crippen LogP contribution in [0.1, 0.15) is 32.6 Å². The van der Waals surface area contributed by atoms with Crippen LogP contribution in [-0.2, 0) is 10.8 Å². The number of hydrogen-bond acceptors (Lipinski definition) is 3. The Balaban J connectivity index is 2.36. The van der Waals surface area contributed by atoms with Gasteiger partial charge in [-0.2, -0.15) is 0 Å². The van der Waals surface area contributed by atoms with E-state index in [1.807, 2.05) is 0 Å². The van der Waals surface area contributed by atoms with E-state index in [1.165, 1.54) is 12.8 Å². The van der Waals surface area contributed by atoms with E-state index >= 15 is 0 Å². The van der Waals surface area contributed by atoms with Gasteiger partial charge in [-0.05, 0) is 18.8 Å². The molecule has 1 rings (SSSR count). The van der Waals surface area contributed by atoms with Gasteiger partial charge < -0.3 is 10.8 Å². The fourth-order valence-corrected chi connectivity index (χ4v) is 3.77. The van der Waals surface area contributed by atoms with E-state index in [2.05, 4.69) is 6.92 Å². The fourth-order valence-electron chi connectivity index (χ4n) is 2.01. The van der Waals surface area contributed by atoms with E-state index in [0.29, 0.717) is 16.9 Å². The average molecular weight is 219 g/mol. The predicted octanol–water partition coefficient (Wildman–Crippen LogP) is 0.633. The first-order valence-electron chi connectivity index (χ1n) is 5.38. The van der Waals surface area contributed by atoms with Crippen LogP contribution >= 0.6 is 0 Å². The first-order chi connectivity index (χ1) is 6.63. The summed E-state index contributed by atoms with van der Waals surface area (Å²) in [7, 11) is -0.887. The van der Waals surface area contributed by atoms with Gasteiger partial charge >= 0.3 is 0 Å². The molecule has 0 amide bonds. The van der Waals surface area contributed by atoms with Crippen LogP contribution in [-0.4, -0.2) is 33.0 Å². The molecule has 4 heteroatoms. The van der Waals surface area contributed by atoms with Gasteiger partial charge in [0.15, 0.2) is 0 Å². The molecule has 1 fully saturated rings. The molecule has 4 atom stereocenters. The van der Waals surface area contributed by atoms with Gasteiger partial charge in [0.05, 0.1) is 11.9 Å². The van der Waals surface area contributed by atoms with Gasteiger partial charge in [-0.15, -0.1) is 0 Å². The van der Waals surface area contributed by atoms with Crippen molar-refractivity contribution in [1.29, 1.82) is 0 Å². The third-order valence-corrected chi connectivity index (χ3v) is 4.77. The van der Waals surface area contributed by atoms with Gasteiger partial charge in [0.25, 0.3) is 0 Å². The summed E-state index contributed by atoms with van der Waals surface area (Å²) in [6.07, 6.45) is 3.94. The Morgan fingerprint density at radius 2 is 2.29 bits per heavy atom. The van der Waals surface area contributed by atoms with Crippen LogP contribution in [0, 0.1) is 5.92 Å². The van der Waals surface area contributed by atoms with E-state index in [1.54, 1.807) is 0 Å². The second kappa shape index (κ2) is 5.83. The fraction of sp³-hybridized carbons (Fsp3) is 1.00. The summed E-state index contributed by atoms with van der Waals surface area (Å²) in [5, 5.41) is 9.60. The van der Waals surface area contributed by atoms with Crippen molar-refractivity contribution in [1.82, 2.24) is 0 Å². The van der Waals surface area contributed by atoms with Gasteiger partial charge in [-0.1, -0.05) is 19.8 Å². The van der Waals surface area contributed by atoms with Crippen molar-refractivity contribution in [3.8, 4) is 0 Å². The maximum Gasteiger partial charge on any atom is 0.0777 e. The Labute approximate surface area is 88.5 Å². The van der Waals surface area contributed by atoms with Crippen LogP contribution in [0.5, 0.6) is 0 Å². The van der Waals surface area contributed by atoms with Crippen molar-refractivity contribution >= 4 is 10.8 Å². The van der Waals surface area contributed by atoms with Crippen molar-refractivity contribution in [2.24, 2.45) is 11.7 Å². The predicted molar refractivity (Wildman–Crippen MR) is 59.5 cm³/mol. The number of hydrogen-bond donors (Lipinski definition) is 2. The minimum Gasteiger partial charge on any atom is -0.391 e. The van der Waals surface area contributed by atoms with Crippen LogP contribution in [0.25, 0.3) is 0 Å².